The fraction of sp³-hybridized carbons (Fsp3) is 0.0233. The van der Waals surface area contributed by atoms with E-state index in [9.17, 15) is 0 Å². The van der Waals surface area contributed by atoms with Crippen molar-refractivity contribution in [3.05, 3.63) is 181 Å². The van der Waals surface area contributed by atoms with Gasteiger partial charge in [-0.2, -0.15) is 0 Å². The largest absolute Gasteiger partial charge is 0.333 e. The molecule has 0 aliphatic heterocycles. The number of nitrogens with zero attached hydrogens (tertiary/aromatic N) is 4. The van der Waals surface area contributed by atoms with Crippen molar-refractivity contribution in [1.29, 1.82) is 0 Å². The average molecular weight is 830 g/mol. The Balaban J connectivity index is 0.000000209. The standard InChI is InChI=1S/C31H20N3S.C12H10N.Ir/c1-2-8-22(9-3-1)23-12-14-24(15-13-23)34-29-11-5-4-10-28(29)32-31(34)27-21-35-30-17-16-25(20-26(27)30)33-18-6-7-19-33;1-10-7-8-12(13-9-10)11-5-3-2-4-6-11;/h1-20H;2-5,7-9H,1H3;/q2*-1;/i;1D3;. The number of pyridine rings is 1. The molecule has 0 saturated heterocycles. The summed E-state index contributed by atoms with van der Waals surface area (Å²) in [7, 11) is 0. The summed E-state index contributed by atoms with van der Waals surface area (Å²) in [6.07, 6.45) is 5.53. The first-order valence-corrected chi connectivity index (χ1v) is 16.4. The van der Waals surface area contributed by atoms with Crippen LogP contribution in [0.25, 0.3) is 66.3 Å². The van der Waals surface area contributed by atoms with Gasteiger partial charge in [0.05, 0.1) is 16.9 Å². The number of imidazole rings is 1. The van der Waals surface area contributed by atoms with Crippen molar-refractivity contribution >= 4 is 32.5 Å². The summed E-state index contributed by atoms with van der Waals surface area (Å²) in [5.74, 6) is 0.912. The number of hydrogen-bond donors (Lipinski definition) is 0. The van der Waals surface area contributed by atoms with Gasteiger partial charge < -0.3 is 14.1 Å². The van der Waals surface area contributed by atoms with Crippen LogP contribution in [-0.4, -0.2) is 19.1 Å². The second kappa shape index (κ2) is 14.4. The molecule has 0 aliphatic carbocycles. The zero-order valence-corrected chi connectivity index (χ0v) is 29.3. The molecule has 4 heterocycles. The van der Waals surface area contributed by atoms with Crippen molar-refractivity contribution in [2.24, 2.45) is 0 Å². The Morgan fingerprint density at radius 2 is 1.47 bits per heavy atom. The molecule has 0 N–H and O–H groups in total. The zero-order valence-electron chi connectivity index (χ0n) is 29.1. The summed E-state index contributed by atoms with van der Waals surface area (Å²) < 4.78 is 27.3. The fourth-order valence-electron chi connectivity index (χ4n) is 5.79. The van der Waals surface area contributed by atoms with E-state index in [4.69, 9.17) is 9.10 Å². The molecule has 9 rings (SSSR count). The molecular weight excluding hydrogens is 797 g/mol. The van der Waals surface area contributed by atoms with Crippen molar-refractivity contribution in [2.75, 3.05) is 0 Å². The van der Waals surface area contributed by atoms with Crippen LogP contribution in [0.2, 0.25) is 0 Å². The molecule has 9 aromatic rings. The molecule has 0 fully saturated rings. The predicted molar refractivity (Wildman–Crippen MR) is 199 cm³/mol. The Bertz CT molecular complexity index is 2540. The first-order chi connectivity index (χ1) is 24.9. The average Bonchev–Trinajstić information content (AvgIpc) is 3.95. The van der Waals surface area contributed by atoms with Gasteiger partial charge in [0.15, 0.2) is 0 Å². The van der Waals surface area contributed by atoms with Crippen LogP contribution < -0.4 is 0 Å². The summed E-state index contributed by atoms with van der Waals surface area (Å²) in [6, 6.07) is 52.0. The fourth-order valence-corrected chi connectivity index (χ4v) is 6.61. The monoisotopic (exact) mass is 830 g/mol. The van der Waals surface area contributed by atoms with Crippen LogP contribution in [0.4, 0.5) is 0 Å². The number of thiophene rings is 1. The number of aryl methyl sites for hydroxylation is 1. The quantitative estimate of drug-likeness (QED) is 0.162. The van der Waals surface area contributed by atoms with Crippen LogP contribution in [0.15, 0.2) is 164 Å². The van der Waals surface area contributed by atoms with E-state index < -0.39 is 6.85 Å². The number of rotatable bonds is 5. The molecule has 0 aliphatic rings. The SMILES string of the molecule is [2H]C([2H])([2H])c1ccc(-c2[c-]cccc2)nc1.[Ir].[c-]1sc2ccc(-n3cccc3)cc2c1-c1nc2ccccc2n1-c1ccc(-c2ccccc2)cc1. The normalized spacial score (nSPS) is 12.0. The number of fused-ring (bicyclic) bond motifs is 2. The van der Waals surface area contributed by atoms with E-state index >= 15 is 0 Å². The second-order valence-electron chi connectivity index (χ2n) is 11.2. The van der Waals surface area contributed by atoms with Gasteiger partial charge in [-0.05, 0) is 71.7 Å². The molecule has 0 unspecified atom stereocenters. The molecule has 0 amide bonds. The Morgan fingerprint density at radius 3 is 2.22 bits per heavy atom. The van der Waals surface area contributed by atoms with Crippen LogP contribution in [0.5, 0.6) is 0 Å². The third-order valence-electron chi connectivity index (χ3n) is 8.16. The maximum absolute atomic E-state index is 7.23. The Kier molecular flexibility index (Phi) is 8.40. The molecule has 49 heavy (non-hydrogen) atoms. The number of para-hydroxylation sites is 2. The minimum atomic E-state index is -2.09. The molecular formula is C43H30IrN4S-2. The molecule has 0 atom stereocenters. The van der Waals surface area contributed by atoms with E-state index in [1.54, 1.807) is 29.5 Å². The predicted octanol–water partition coefficient (Wildman–Crippen LogP) is 11.0. The van der Waals surface area contributed by atoms with Crippen molar-refractivity contribution in [3.8, 4) is 45.1 Å². The van der Waals surface area contributed by atoms with Gasteiger partial charge in [0, 0.05) is 54.2 Å². The van der Waals surface area contributed by atoms with E-state index in [2.05, 4.69) is 123 Å². The van der Waals surface area contributed by atoms with Crippen LogP contribution in [0.3, 0.4) is 0 Å². The molecule has 0 saturated carbocycles. The molecule has 6 heteroatoms. The van der Waals surface area contributed by atoms with E-state index in [-0.39, 0.29) is 25.7 Å². The molecule has 239 valence electrons. The zero-order chi connectivity index (χ0) is 34.8. The van der Waals surface area contributed by atoms with Crippen molar-refractivity contribution in [1.82, 2.24) is 19.1 Å². The van der Waals surface area contributed by atoms with E-state index in [1.165, 1.54) is 27.4 Å². The maximum atomic E-state index is 7.23. The topological polar surface area (TPSA) is 35.6 Å². The molecule has 5 aromatic carbocycles. The van der Waals surface area contributed by atoms with Gasteiger partial charge in [0.1, 0.15) is 0 Å². The summed E-state index contributed by atoms with van der Waals surface area (Å²) in [5, 5.41) is 4.73. The molecule has 0 bridgehead atoms. The van der Waals surface area contributed by atoms with Gasteiger partial charge in [-0.1, -0.05) is 94.5 Å². The Hall–Kier alpha value is -5.39. The van der Waals surface area contributed by atoms with Crippen molar-refractivity contribution < 1.29 is 24.2 Å². The van der Waals surface area contributed by atoms with Gasteiger partial charge in [0.25, 0.3) is 0 Å². The smallest absolute Gasteiger partial charge is 0.0774 e. The molecule has 0 spiro atoms. The summed E-state index contributed by atoms with van der Waals surface area (Å²) >= 11 is 1.64. The van der Waals surface area contributed by atoms with E-state index in [0.717, 1.165) is 45.1 Å². The minimum Gasteiger partial charge on any atom is -0.333 e. The third-order valence-corrected chi connectivity index (χ3v) is 9.05. The minimum absolute atomic E-state index is 0. The van der Waals surface area contributed by atoms with Crippen molar-refractivity contribution in [2.45, 2.75) is 6.85 Å². The Labute approximate surface area is 307 Å². The number of aromatic nitrogens is 4. The number of benzene rings is 5. The van der Waals surface area contributed by atoms with Gasteiger partial charge in [-0.3, -0.25) is 16.3 Å². The van der Waals surface area contributed by atoms with Gasteiger partial charge in [-0.15, -0.1) is 41.3 Å². The van der Waals surface area contributed by atoms with E-state index in [1.807, 2.05) is 42.5 Å². The third kappa shape index (κ3) is 6.67. The van der Waals surface area contributed by atoms with Crippen LogP contribution >= 0.6 is 11.3 Å². The Morgan fingerprint density at radius 1 is 0.714 bits per heavy atom. The first-order valence-electron chi connectivity index (χ1n) is 17.1. The summed E-state index contributed by atoms with van der Waals surface area (Å²) in [6.45, 7) is -2.09. The summed E-state index contributed by atoms with van der Waals surface area (Å²) in [4.78, 5) is 9.21. The molecule has 4 aromatic heterocycles. The van der Waals surface area contributed by atoms with E-state index in [0.29, 0.717) is 0 Å². The molecule has 4 nitrogen and oxygen atoms in total. The first kappa shape index (κ1) is 28.6. The van der Waals surface area contributed by atoms with Crippen molar-refractivity contribution in [3.63, 3.8) is 0 Å². The van der Waals surface area contributed by atoms with Gasteiger partial charge in [0.2, 0.25) is 0 Å². The van der Waals surface area contributed by atoms with Crippen LogP contribution in [0.1, 0.15) is 9.68 Å². The van der Waals surface area contributed by atoms with Gasteiger partial charge >= 0.3 is 0 Å². The van der Waals surface area contributed by atoms with Gasteiger partial charge in [-0.25, -0.2) is 0 Å². The molecule has 1 radical (unpaired) electrons. The van der Waals surface area contributed by atoms with Crippen LogP contribution in [0, 0.1) is 18.3 Å². The number of hydrogen-bond acceptors (Lipinski definition) is 3. The maximum Gasteiger partial charge on any atom is 0.0774 e. The second-order valence-corrected chi connectivity index (χ2v) is 12.1. The van der Waals surface area contributed by atoms with Crippen LogP contribution in [-0.2, 0) is 20.1 Å². The summed E-state index contributed by atoms with van der Waals surface area (Å²) in [5.41, 5.74) is 9.57.